The van der Waals surface area contributed by atoms with Crippen molar-refractivity contribution >= 4 is 17.5 Å². The van der Waals surface area contributed by atoms with Gasteiger partial charge in [0.1, 0.15) is 5.82 Å². The minimum Gasteiger partial charge on any atom is -0.355 e. The second kappa shape index (κ2) is 7.25. The van der Waals surface area contributed by atoms with Crippen LogP contribution in [0.15, 0.2) is 54.6 Å². The summed E-state index contributed by atoms with van der Waals surface area (Å²) in [5, 5.41) is 2.87. The number of nitrogens with one attached hydrogen (secondary N) is 1. The van der Waals surface area contributed by atoms with Gasteiger partial charge in [0, 0.05) is 31.1 Å². The molecule has 0 aliphatic carbocycles. The van der Waals surface area contributed by atoms with Crippen molar-refractivity contribution in [2.45, 2.75) is 12.8 Å². The van der Waals surface area contributed by atoms with Crippen molar-refractivity contribution < 1.29 is 14.0 Å². The minimum atomic E-state index is -0.315. The second-order valence-electron chi connectivity index (χ2n) is 6.02. The van der Waals surface area contributed by atoms with Crippen LogP contribution < -0.4 is 10.2 Å². The number of carbonyl (C=O) groups is 2. The van der Waals surface area contributed by atoms with Crippen LogP contribution in [-0.4, -0.2) is 24.9 Å². The molecule has 1 unspecified atom stereocenters. The summed E-state index contributed by atoms with van der Waals surface area (Å²) in [6, 6.07) is 15.4. The summed E-state index contributed by atoms with van der Waals surface area (Å²) in [5.74, 6) is -0.245. The lowest BCUT2D eigenvalue weighted by atomic mass is 10.1. The Morgan fingerprint density at radius 3 is 2.54 bits per heavy atom. The third-order valence-electron chi connectivity index (χ3n) is 4.14. The van der Waals surface area contributed by atoms with E-state index in [0.717, 1.165) is 11.3 Å². The van der Waals surface area contributed by atoms with E-state index in [1.165, 1.54) is 12.1 Å². The Hall–Kier alpha value is -2.69. The van der Waals surface area contributed by atoms with Crippen LogP contribution in [0.3, 0.4) is 0 Å². The highest BCUT2D eigenvalue weighted by atomic mass is 19.1. The Morgan fingerprint density at radius 2 is 1.83 bits per heavy atom. The molecule has 0 spiro atoms. The van der Waals surface area contributed by atoms with Crippen molar-refractivity contribution in [2.75, 3.05) is 18.0 Å². The first-order valence-corrected chi connectivity index (χ1v) is 7.98. The van der Waals surface area contributed by atoms with Gasteiger partial charge in [-0.2, -0.15) is 0 Å². The zero-order chi connectivity index (χ0) is 16.9. The third kappa shape index (κ3) is 3.98. The number of anilines is 1. The smallest absolute Gasteiger partial charge is 0.227 e. The van der Waals surface area contributed by atoms with Crippen LogP contribution in [0.4, 0.5) is 10.1 Å². The van der Waals surface area contributed by atoms with Gasteiger partial charge in [0.05, 0.1) is 6.42 Å². The molecule has 2 aromatic carbocycles. The van der Waals surface area contributed by atoms with Gasteiger partial charge in [0.25, 0.3) is 0 Å². The fourth-order valence-corrected chi connectivity index (χ4v) is 2.88. The molecule has 1 N–H and O–H groups in total. The number of carbonyl (C=O) groups excluding carboxylic acids is 2. The Bertz CT molecular complexity index is 716. The maximum absolute atomic E-state index is 12.9. The SMILES string of the molecule is O=C(Cc1ccc(F)cc1)NCC1CC(=O)N(c2ccccc2)C1. The molecule has 124 valence electrons. The molecule has 0 aromatic heterocycles. The first kappa shape index (κ1) is 16.2. The molecule has 1 aliphatic rings. The monoisotopic (exact) mass is 326 g/mol. The average molecular weight is 326 g/mol. The molecule has 3 rings (SSSR count). The van der Waals surface area contributed by atoms with Crippen LogP contribution >= 0.6 is 0 Å². The summed E-state index contributed by atoms with van der Waals surface area (Å²) in [5.41, 5.74) is 1.66. The second-order valence-corrected chi connectivity index (χ2v) is 6.02. The van der Waals surface area contributed by atoms with Gasteiger partial charge in [0.15, 0.2) is 0 Å². The Morgan fingerprint density at radius 1 is 1.12 bits per heavy atom. The standard InChI is InChI=1S/C19H19FN2O2/c20-16-8-6-14(7-9-16)10-18(23)21-12-15-11-19(24)22(13-15)17-4-2-1-3-5-17/h1-9,15H,10-13H2,(H,21,23). The lowest BCUT2D eigenvalue weighted by Crippen LogP contribution is -2.32. The summed E-state index contributed by atoms with van der Waals surface area (Å²) in [4.78, 5) is 25.9. The summed E-state index contributed by atoms with van der Waals surface area (Å²) in [6.07, 6.45) is 0.648. The molecule has 1 atom stereocenters. The number of rotatable bonds is 5. The average Bonchev–Trinajstić information content (AvgIpc) is 2.97. The van der Waals surface area contributed by atoms with E-state index in [9.17, 15) is 14.0 Å². The normalized spacial score (nSPS) is 17.1. The van der Waals surface area contributed by atoms with Crippen LogP contribution in [0.1, 0.15) is 12.0 Å². The molecule has 1 fully saturated rings. The third-order valence-corrected chi connectivity index (χ3v) is 4.14. The van der Waals surface area contributed by atoms with Crippen LogP contribution in [-0.2, 0) is 16.0 Å². The molecule has 1 aliphatic heterocycles. The zero-order valence-electron chi connectivity index (χ0n) is 13.2. The summed E-state index contributed by atoms with van der Waals surface area (Å²) < 4.78 is 12.9. The fourth-order valence-electron chi connectivity index (χ4n) is 2.88. The first-order valence-electron chi connectivity index (χ1n) is 7.98. The first-order chi connectivity index (χ1) is 11.6. The predicted octanol–water partition coefficient (Wildman–Crippen LogP) is 2.54. The van der Waals surface area contributed by atoms with Crippen LogP contribution in [0, 0.1) is 11.7 Å². The van der Waals surface area contributed by atoms with Gasteiger partial charge in [-0.1, -0.05) is 30.3 Å². The van der Waals surface area contributed by atoms with Gasteiger partial charge in [-0.15, -0.1) is 0 Å². The van der Waals surface area contributed by atoms with Gasteiger partial charge < -0.3 is 10.2 Å². The number of hydrogen-bond donors (Lipinski definition) is 1. The largest absolute Gasteiger partial charge is 0.355 e. The van der Waals surface area contributed by atoms with E-state index < -0.39 is 0 Å². The molecule has 5 heteroatoms. The number of nitrogens with zero attached hydrogens (tertiary/aromatic N) is 1. The molecule has 1 saturated heterocycles. The zero-order valence-corrected chi connectivity index (χ0v) is 13.2. The molecule has 0 bridgehead atoms. The lowest BCUT2D eigenvalue weighted by molar-refractivity contribution is -0.121. The van der Waals surface area contributed by atoms with E-state index in [1.54, 1.807) is 17.0 Å². The van der Waals surface area contributed by atoms with Gasteiger partial charge in [0.2, 0.25) is 11.8 Å². The van der Waals surface area contributed by atoms with E-state index >= 15 is 0 Å². The number of halogens is 1. The molecule has 4 nitrogen and oxygen atoms in total. The summed E-state index contributed by atoms with van der Waals surface area (Å²) >= 11 is 0. The fraction of sp³-hybridized carbons (Fsp3) is 0.263. The Balaban J connectivity index is 1.49. The molecule has 1 heterocycles. The molecule has 0 radical (unpaired) electrons. The molecule has 0 saturated carbocycles. The van der Waals surface area contributed by atoms with Crippen LogP contribution in [0.25, 0.3) is 0 Å². The van der Waals surface area contributed by atoms with E-state index in [0.29, 0.717) is 19.5 Å². The lowest BCUT2D eigenvalue weighted by Gasteiger charge is -2.16. The van der Waals surface area contributed by atoms with Crippen molar-refractivity contribution in [3.8, 4) is 0 Å². The highest BCUT2D eigenvalue weighted by Crippen LogP contribution is 2.24. The Kier molecular flexibility index (Phi) is 4.89. The van der Waals surface area contributed by atoms with Crippen molar-refractivity contribution in [1.82, 2.24) is 5.32 Å². The van der Waals surface area contributed by atoms with Gasteiger partial charge in [-0.25, -0.2) is 4.39 Å². The number of hydrogen-bond acceptors (Lipinski definition) is 2. The van der Waals surface area contributed by atoms with Crippen molar-refractivity contribution in [3.63, 3.8) is 0 Å². The van der Waals surface area contributed by atoms with Crippen LogP contribution in [0.2, 0.25) is 0 Å². The highest BCUT2D eigenvalue weighted by Gasteiger charge is 2.30. The number of para-hydroxylation sites is 1. The Labute approximate surface area is 140 Å². The topological polar surface area (TPSA) is 49.4 Å². The van der Waals surface area contributed by atoms with Crippen molar-refractivity contribution in [2.24, 2.45) is 5.92 Å². The van der Waals surface area contributed by atoms with Gasteiger partial charge in [-0.3, -0.25) is 9.59 Å². The molecular formula is C19H19FN2O2. The maximum Gasteiger partial charge on any atom is 0.227 e. The maximum atomic E-state index is 12.9. The van der Waals surface area contributed by atoms with E-state index in [2.05, 4.69) is 5.32 Å². The van der Waals surface area contributed by atoms with E-state index in [4.69, 9.17) is 0 Å². The van der Waals surface area contributed by atoms with Crippen molar-refractivity contribution in [1.29, 1.82) is 0 Å². The quantitative estimate of drug-likeness (QED) is 0.918. The summed E-state index contributed by atoms with van der Waals surface area (Å²) in [6.45, 7) is 1.08. The van der Waals surface area contributed by atoms with Crippen LogP contribution in [0.5, 0.6) is 0 Å². The predicted molar refractivity (Wildman–Crippen MR) is 90.0 cm³/mol. The highest BCUT2D eigenvalue weighted by molar-refractivity contribution is 5.95. The van der Waals surface area contributed by atoms with Gasteiger partial charge in [-0.05, 0) is 29.8 Å². The summed E-state index contributed by atoms with van der Waals surface area (Å²) in [7, 11) is 0. The van der Waals surface area contributed by atoms with E-state index in [-0.39, 0.29) is 30.0 Å². The molecule has 24 heavy (non-hydrogen) atoms. The van der Waals surface area contributed by atoms with Crippen molar-refractivity contribution in [3.05, 3.63) is 66.0 Å². The minimum absolute atomic E-state index is 0.0824. The molecule has 2 amide bonds. The molecule has 2 aromatic rings. The number of amides is 2. The van der Waals surface area contributed by atoms with E-state index in [1.807, 2.05) is 30.3 Å². The number of benzene rings is 2. The molecular weight excluding hydrogens is 307 g/mol. The van der Waals surface area contributed by atoms with Gasteiger partial charge >= 0.3 is 0 Å².